The number of aromatic amines is 1. The summed E-state index contributed by atoms with van der Waals surface area (Å²) in [7, 11) is 1.82. The van der Waals surface area contributed by atoms with Gasteiger partial charge in [0.2, 0.25) is 5.91 Å². The van der Waals surface area contributed by atoms with Crippen molar-refractivity contribution in [2.24, 2.45) is 0 Å². The van der Waals surface area contributed by atoms with Crippen LogP contribution in [-0.2, 0) is 11.3 Å². The molecule has 0 unspecified atom stereocenters. The molecular formula is C16H22N4O2. The summed E-state index contributed by atoms with van der Waals surface area (Å²) in [5.74, 6) is 1.38. The molecule has 3 heterocycles. The van der Waals surface area contributed by atoms with Crippen LogP contribution in [-0.4, -0.2) is 52.6 Å². The zero-order valence-corrected chi connectivity index (χ0v) is 12.9. The van der Waals surface area contributed by atoms with Crippen molar-refractivity contribution in [3.8, 4) is 0 Å². The molecule has 0 bridgehead atoms. The first-order valence-electron chi connectivity index (χ1n) is 7.70. The van der Waals surface area contributed by atoms with Gasteiger partial charge in [-0.1, -0.05) is 0 Å². The number of piperidine rings is 1. The Morgan fingerprint density at radius 3 is 3.18 bits per heavy atom. The fourth-order valence-corrected chi connectivity index (χ4v) is 2.98. The lowest BCUT2D eigenvalue weighted by Gasteiger charge is -2.32. The van der Waals surface area contributed by atoms with Crippen LogP contribution in [0.15, 0.2) is 35.1 Å². The summed E-state index contributed by atoms with van der Waals surface area (Å²) in [6.07, 6.45) is 5.68. The van der Waals surface area contributed by atoms with Crippen molar-refractivity contribution >= 4 is 5.91 Å². The molecule has 2 aromatic heterocycles. The van der Waals surface area contributed by atoms with Crippen molar-refractivity contribution in [1.82, 2.24) is 20.0 Å². The SMILES string of the molecule is CN(Cc1ccco1)C(=O)CN1CCC[C@@H](c2ccn[nH]2)C1. The van der Waals surface area contributed by atoms with Crippen molar-refractivity contribution in [3.63, 3.8) is 0 Å². The molecule has 6 nitrogen and oxygen atoms in total. The van der Waals surface area contributed by atoms with Gasteiger partial charge < -0.3 is 9.32 Å². The van der Waals surface area contributed by atoms with E-state index in [1.54, 1.807) is 17.4 Å². The van der Waals surface area contributed by atoms with Crippen molar-refractivity contribution in [2.45, 2.75) is 25.3 Å². The Morgan fingerprint density at radius 1 is 1.55 bits per heavy atom. The number of rotatable bonds is 5. The highest BCUT2D eigenvalue weighted by molar-refractivity contribution is 5.77. The van der Waals surface area contributed by atoms with Gasteiger partial charge >= 0.3 is 0 Å². The number of hydrogen-bond donors (Lipinski definition) is 1. The average molecular weight is 302 g/mol. The molecule has 0 aliphatic carbocycles. The maximum absolute atomic E-state index is 12.4. The van der Waals surface area contributed by atoms with E-state index in [0.717, 1.165) is 31.7 Å². The molecule has 1 fully saturated rings. The van der Waals surface area contributed by atoms with Crippen LogP contribution in [0.5, 0.6) is 0 Å². The van der Waals surface area contributed by atoms with Gasteiger partial charge in [0.15, 0.2) is 0 Å². The molecule has 1 atom stereocenters. The van der Waals surface area contributed by atoms with Gasteiger partial charge in [-0.2, -0.15) is 5.10 Å². The second-order valence-corrected chi connectivity index (χ2v) is 5.92. The minimum atomic E-state index is 0.127. The fourth-order valence-electron chi connectivity index (χ4n) is 2.98. The molecule has 1 aliphatic heterocycles. The number of likely N-dealkylation sites (tertiary alicyclic amines) is 1. The van der Waals surface area contributed by atoms with E-state index in [2.05, 4.69) is 15.1 Å². The monoisotopic (exact) mass is 302 g/mol. The summed E-state index contributed by atoms with van der Waals surface area (Å²) in [5, 5.41) is 7.07. The second-order valence-electron chi connectivity index (χ2n) is 5.92. The van der Waals surface area contributed by atoms with E-state index < -0.39 is 0 Å². The number of amides is 1. The minimum absolute atomic E-state index is 0.127. The van der Waals surface area contributed by atoms with Gasteiger partial charge in [0.25, 0.3) is 0 Å². The topological polar surface area (TPSA) is 65.4 Å². The Balaban J connectivity index is 1.52. The van der Waals surface area contributed by atoms with Crippen LogP contribution < -0.4 is 0 Å². The molecule has 0 spiro atoms. The fraction of sp³-hybridized carbons (Fsp3) is 0.500. The molecule has 6 heteroatoms. The third kappa shape index (κ3) is 3.57. The Bertz CT molecular complexity index is 579. The number of nitrogens with one attached hydrogen (secondary N) is 1. The predicted octanol–water partition coefficient (Wildman–Crippen LogP) is 1.84. The van der Waals surface area contributed by atoms with Crippen molar-refractivity contribution in [1.29, 1.82) is 0 Å². The van der Waals surface area contributed by atoms with E-state index in [9.17, 15) is 4.79 Å². The van der Waals surface area contributed by atoms with Gasteiger partial charge in [-0.3, -0.25) is 14.8 Å². The predicted molar refractivity (Wildman–Crippen MR) is 82.2 cm³/mol. The molecule has 1 saturated heterocycles. The molecule has 0 radical (unpaired) electrons. The van der Waals surface area contributed by atoms with Gasteiger partial charge in [-0.05, 0) is 37.6 Å². The summed E-state index contributed by atoms with van der Waals surface area (Å²) in [6, 6.07) is 5.76. The van der Waals surface area contributed by atoms with Crippen LogP contribution in [0.2, 0.25) is 0 Å². The van der Waals surface area contributed by atoms with E-state index in [4.69, 9.17) is 4.42 Å². The van der Waals surface area contributed by atoms with Crippen LogP contribution >= 0.6 is 0 Å². The molecule has 3 rings (SSSR count). The Kier molecular flexibility index (Phi) is 4.58. The number of carbonyl (C=O) groups is 1. The lowest BCUT2D eigenvalue weighted by Crippen LogP contribution is -2.42. The molecule has 1 aliphatic rings. The van der Waals surface area contributed by atoms with Crippen molar-refractivity contribution in [2.75, 3.05) is 26.7 Å². The van der Waals surface area contributed by atoms with Crippen molar-refractivity contribution in [3.05, 3.63) is 42.1 Å². The van der Waals surface area contributed by atoms with E-state index in [0.29, 0.717) is 19.0 Å². The first kappa shape index (κ1) is 14.8. The smallest absolute Gasteiger partial charge is 0.236 e. The van der Waals surface area contributed by atoms with Crippen LogP contribution in [0.25, 0.3) is 0 Å². The lowest BCUT2D eigenvalue weighted by atomic mass is 9.95. The third-order valence-corrected chi connectivity index (χ3v) is 4.23. The minimum Gasteiger partial charge on any atom is -0.467 e. The third-order valence-electron chi connectivity index (χ3n) is 4.23. The number of nitrogens with zero attached hydrogens (tertiary/aromatic N) is 3. The highest BCUT2D eigenvalue weighted by atomic mass is 16.3. The molecular weight excluding hydrogens is 280 g/mol. The average Bonchev–Trinajstić information content (AvgIpc) is 3.21. The van der Waals surface area contributed by atoms with Gasteiger partial charge in [0, 0.05) is 31.4 Å². The standard InChI is InChI=1S/C16H22N4O2/c1-19(11-14-5-3-9-22-14)16(21)12-20-8-2-4-13(10-20)15-6-7-17-18-15/h3,5-7,9,13H,2,4,8,10-12H2,1H3,(H,17,18)/t13-/m1/s1. The van der Waals surface area contributed by atoms with E-state index in [1.165, 1.54) is 5.69 Å². The van der Waals surface area contributed by atoms with E-state index >= 15 is 0 Å². The number of furan rings is 1. The lowest BCUT2D eigenvalue weighted by molar-refractivity contribution is -0.132. The first-order valence-corrected chi connectivity index (χ1v) is 7.70. The highest BCUT2D eigenvalue weighted by Crippen LogP contribution is 2.25. The van der Waals surface area contributed by atoms with Crippen LogP contribution in [0.3, 0.4) is 0 Å². The van der Waals surface area contributed by atoms with Gasteiger partial charge in [0.1, 0.15) is 5.76 Å². The summed E-state index contributed by atoms with van der Waals surface area (Å²) in [5.41, 5.74) is 1.17. The summed E-state index contributed by atoms with van der Waals surface area (Å²) in [4.78, 5) is 16.3. The largest absolute Gasteiger partial charge is 0.467 e. The zero-order chi connectivity index (χ0) is 15.4. The molecule has 0 saturated carbocycles. The number of likely N-dealkylation sites (N-methyl/N-ethyl adjacent to an activating group) is 1. The van der Waals surface area contributed by atoms with Gasteiger partial charge in [-0.15, -0.1) is 0 Å². The second kappa shape index (κ2) is 6.79. The molecule has 2 aromatic rings. The molecule has 118 valence electrons. The van der Waals surface area contributed by atoms with Crippen LogP contribution in [0.1, 0.15) is 30.2 Å². The molecule has 1 amide bonds. The molecule has 0 aromatic carbocycles. The zero-order valence-electron chi connectivity index (χ0n) is 12.9. The van der Waals surface area contributed by atoms with Crippen LogP contribution in [0.4, 0.5) is 0 Å². The number of H-pyrrole nitrogens is 1. The Hall–Kier alpha value is -2.08. The maximum Gasteiger partial charge on any atom is 0.236 e. The first-order chi connectivity index (χ1) is 10.7. The summed E-state index contributed by atoms with van der Waals surface area (Å²) < 4.78 is 5.29. The van der Waals surface area contributed by atoms with Crippen LogP contribution in [0, 0.1) is 0 Å². The number of carbonyl (C=O) groups excluding carboxylic acids is 1. The number of aromatic nitrogens is 2. The normalized spacial score (nSPS) is 19.2. The van der Waals surface area contributed by atoms with Gasteiger partial charge in [-0.25, -0.2) is 0 Å². The van der Waals surface area contributed by atoms with Gasteiger partial charge in [0.05, 0.1) is 19.4 Å². The summed E-state index contributed by atoms with van der Waals surface area (Å²) in [6.45, 7) is 2.86. The highest BCUT2D eigenvalue weighted by Gasteiger charge is 2.24. The maximum atomic E-state index is 12.4. The summed E-state index contributed by atoms with van der Waals surface area (Å²) >= 11 is 0. The number of hydrogen-bond acceptors (Lipinski definition) is 4. The Morgan fingerprint density at radius 2 is 2.45 bits per heavy atom. The van der Waals surface area contributed by atoms with Crippen molar-refractivity contribution < 1.29 is 9.21 Å². The molecule has 1 N–H and O–H groups in total. The van der Waals surface area contributed by atoms with E-state index in [1.807, 2.05) is 25.2 Å². The quantitative estimate of drug-likeness (QED) is 0.915. The van der Waals surface area contributed by atoms with E-state index in [-0.39, 0.29) is 5.91 Å². The Labute approximate surface area is 130 Å². The molecule has 22 heavy (non-hydrogen) atoms.